The summed E-state index contributed by atoms with van der Waals surface area (Å²) in [6, 6.07) is 0. The van der Waals surface area contributed by atoms with E-state index in [-0.39, 0.29) is 18.3 Å². The molecule has 0 aliphatic carbocycles. The standard InChI is InChI=1S/C7H11NO3/c1-2-8-3-5(6-4-10-6)11-7(8)9/h5-6H,2-4H2,1H3. The first-order valence-electron chi connectivity index (χ1n) is 3.88. The van der Waals surface area contributed by atoms with Crippen LogP contribution in [0.1, 0.15) is 6.92 Å². The van der Waals surface area contributed by atoms with Gasteiger partial charge in [-0.15, -0.1) is 0 Å². The number of cyclic esters (lactones) is 1. The lowest BCUT2D eigenvalue weighted by atomic mass is 10.3. The molecule has 2 saturated heterocycles. The highest BCUT2D eigenvalue weighted by atomic mass is 16.6. The Morgan fingerprint density at radius 3 is 2.82 bits per heavy atom. The van der Waals surface area contributed by atoms with Crippen LogP contribution in [0.4, 0.5) is 4.79 Å². The van der Waals surface area contributed by atoms with Gasteiger partial charge in [-0.25, -0.2) is 4.79 Å². The SMILES string of the molecule is CCN1CC(C2CO2)OC1=O. The predicted octanol–water partition coefficient (Wildman–Crippen LogP) is 0.226. The average Bonchev–Trinajstić information content (AvgIpc) is 2.76. The van der Waals surface area contributed by atoms with Gasteiger partial charge in [0.25, 0.3) is 0 Å². The molecular weight excluding hydrogens is 146 g/mol. The molecule has 0 radical (unpaired) electrons. The number of amides is 1. The Balaban J connectivity index is 1.94. The Kier molecular flexibility index (Phi) is 1.49. The zero-order chi connectivity index (χ0) is 7.84. The minimum absolute atomic E-state index is 0.0116. The Morgan fingerprint density at radius 2 is 2.36 bits per heavy atom. The van der Waals surface area contributed by atoms with Crippen molar-refractivity contribution in [1.82, 2.24) is 4.90 Å². The van der Waals surface area contributed by atoms with Gasteiger partial charge in [-0.1, -0.05) is 0 Å². The van der Waals surface area contributed by atoms with Gasteiger partial charge in [-0.05, 0) is 6.92 Å². The minimum Gasteiger partial charge on any atom is -0.441 e. The van der Waals surface area contributed by atoms with Gasteiger partial charge in [0.1, 0.15) is 12.2 Å². The molecule has 0 saturated carbocycles. The number of epoxide rings is 1. The van der Waals surface area contributed by atoms with Crippen LogP contribution in [0.3, 0.4) is 0 Å². The second-order valence-electron chi connectivity index (χ2n) is 2.83. The number of ether oxygens (including phenoxy) is 2. The number of carbonyl (C=O) groups is 1. The van der Waals surface area contributed by atoms with Gasteiger partial charge in [0.2, 0.25) is 0 Å². The Labute approximate surface area is 65.1 Å². The molecule has 2 fully saturated rings. The van der Waals surface area contributed by atoms with E-state index in [9.17, 15) is 4.79 Å². The largest absolute Gasteiger partial charge is 0.441 e. The van der Waals surface area contributed by atoms with E-state index in [0.717, 1.165) is 13.2 Å². The van der Waals surface area contributed by atoms with Gasteiger partial charge in [-0.3, -0.25) is 0 Å². The normalized spacial score (nSPS) is 35.7. The Bertz CT molecular complexity index is 179. The van der Waals surface area contributed by atoms with E-state index in [1.54, 1.807) is 4.90 Å². The first-order valence-corrected chi connectivity index (χ1v) is 3.88. The zero-order valence-corrected chi connectivity index (χ0v) is 6.45. The third-order valence-corrected chi connectivity index (χ3v) is 2.07. The van der Waals surface area contributed by atoms with Crippen LogP contribution < -0.4 is 0 Å². The lowest BCUT2D eigenvalue weighted by Gasteiger charge is -2.06. The third-order valence-electron chi connectivity index (χ3n) is 2.07. The quantitative estimate of drug-likeness (QED) is 0.539. The minimum atomic E-state index is -0.201. The zero-order valence-electron chi connectivity index (χ0n) is 6.45. The van der Waals surface area contributed by atoms with Crippen molar-refractivity contribution >= 4 is 6.09 Å². The first kappa shape index (κ1) is 6.91. The summed E-state index contributed by atoms with van der Waals surface area (Å²) in [6.45, 7) is 4.11. The lowest BCUT2D eigenvalue weighted by Crippen LogP contribution is -2.25. The maximum atomic E-state index is 11.0. The molecule has 2 atom stereocenters. The van der Waals surface area contributed by atoms with Gasteiger partial charge in [0.05, 0.1) is 13.2 Å². The third kappa shape index (κ3) is 1.18. The van der Waals surface area contributed by atoms with E-state index < -0.39 is 0 Å². The maximum Gasteiger partial charge on any atom is 0.410 e. The summed E-state index contributed by atoms with van der Waals surface area (Å²) in [5.41, 5.74) is 0. The summed E-state index contributed by atoms with van der Waals surface area (Å²) in [4.78, 5) is 12.7. The van der Waals surface area contributed by atoms with E-state index in [1.807, 2.05) is 6.92 Å². The number of carbonyl (C=O) groups excluding carboxylic acids is 1. The van der Waals surface area contributed by atoms with Crippen molar-refractivity contribution in [3.05, 3.63) is 0 Å². The summed E-state index contributed by atoms with van der Waals surface area (Å²) in [7, 11) is 0. The van der Waals surface area contributed by atoms with Crippen molar-refractivity contribution in [2.24, 2.45) is 0 Å². The highest BCUT2D eigenvalue weighted by molar-refractivity contribution is 5.69. The van der Waals surface area contributed by atoms with E-state index in [2.05, 4.69) is 0 Å². The molecule has 0 bridgehead atoms. The number of nitrogens with zero attached hydrogens (tertiary/aromatic N) is 1. The van der Waals surface area contributed by atoms with Gasteiger partial charge >= 0.3 is 6.09 Å². The highest BCUT2D eigenvalue weighted by Gasteiger charge is 2.42. The first-order chi connectivity index (χ1) is 5.31. The van der Waals surface area contributed by atoms with E-state index in [4.69, 9.17) is 9.47 Å². The number of likely N-dealkylation sites (N-methyl/N-ethyl adjacent to an activating group) is 1. The molecule has 4 heteroatoms. The maximum absolute atomic E-state index is 11.0. The van der Waals surface area contributed by atoms with Crippen LogP contribution in [0, 0.1) is 0 Å². The van der Waals surface area contributed by atoms with Crippen molar-refractivity contribution in [3.63, 3.8) is 0 Å². The van der Waals surface area contributed by atoms with E-state index in [0.29, 0.717) is 6.54 Å². The molecule has 2 unspecified atom stereocenters. The highest BCUT2D eigenvalue weighted by Crippen LogP contribution is 2.23. The Hall–Kier alpha value is -0.770. The Morgan fingerprint density at radius 1 is 1.64 bits per heavy atom. The van der Waals surface area contributed by atoms with Crippen molar-refractivity contribution in [3.8, 4) is 0 Å². The van der Waals surface area contributed by atoms with Crippen molar-refractivity contribution in [1.29, 1.82) is 0 Å². The molecule has 1 amide bonds. The molecular formula is C7H11NO3. The topological polar surface area (TPSA) is 42.1 Å². The van der Waals surface area contributed by atoms with Crippen LogP contribution in [0.25, 0.3) is 0 Å². The molecule has 4 nitrogen and oxygen atoms in total. The molecule has 0 N–H and O–H groups in total. The smallest absolute Gasteiger partial charge is 0.410 e. The monoisotopic (exact) mass is 157 g/mol. The van der Waals surface area contributed by atoms with E-state index in [1.165, 1.54) is 0 Å². The number of hydrogen-bond donors (Lipinski definition) is 0. The molecule has 62 valence electrons. The van der Waals surface area contributed by atoms with Crippen molar-refractivity contribution < 1.29 is 14.3 Å². The molecule has 2 aliphatic rings. The van der Waals surface area contributed by atoms with Gasteiger partial charge in [0.15, 0.2) is 0 Å². The van der Waals surface area contributed by atoms with Crippen LogP contribution in [-0.4, -0.2) is 42.9 Å². The second kappa shape index (κ2) is 2.37. The molecule has 0 aromatic carbocycles. The van der Waals surface area contributed by atoms with Gasteiger partial charge < -0.3 is 14.4 Å². The summed E-state index contributed by atoms with van der Waals surface area (Å²) in [6.07, 6.45) is -0.0362. The fourth-order valence-corrected chi connectivity index (χ4v) is 1.25. The van der Waals surface area contributed by atoms with E-state index >= 15 is 0 Å². The second-order valence-corrected chi connectivity index (χ2v) is 2.83. The molecule has 2 rings (SSSR count). The molecule has 2 aliphatic heterocycles. The van der Waals surface area contributed by atoms with Crippen molar-refractivity contribution in [2.45, 2.75) is 19.1 Å². The molecule has 0 aromatic heterocycles. The summed E-state index contributed by atoms with van der Waals surface area (Å²) in [5, 5.41) is 0. The van der Waals surface area contributed by atoms with Crippen molar-refractivity contribution in [2.75, 3.05) is 19.7 Å². The molecule has 0 spiro atoms. The van der Waals surface area contributed by atoms with Gasteiger partial charge in [0, 0.05) is 6.54 Å². The lowest BCUT2D eigenvalue weighted by molar-refractivity contribution is 0.117. The van der Waals surface area contributed by atoms with Crippen LogP contribution in [0.5, 0.6) is 0 Å². The van der Waals surface area contributed by atoms with Crippen LogP contribution in [0.2, 0.25) is 0 Å². The molecule has 11 heavy (non-hydrogen) atoms. The summed E-state index contributed by atoms with van der Waals surface area (Å²) >= 11 is 0. The summed E-state index contributed by atoms with van der Waals surface area (Å²) in [5.74, 6) is 0. The number of hydrogen-bond acceptors (Lipinski definition) is 3. The predicted molar refractivity (Wildman–Crippen MR) is 37.3 cm³/mol. The summed E-state index contributed by atoms with van der Waals surface area (Å²) < 4.78 is 10.1. The molecule has 2 heterocycles. The fraction of sp³-hybridized carbons (Fsp3) is 0.857. The van der Waals surface area contributed by atoms with Crippen LogP contribution in [0.15, 0.2) is 0 Å². The molecule has 0 aromatic rings. The van der Waals surface area contributed by atoms with Crippen LogP contribution >= 0.6 is 0 Å². The number of rotatable bonds is 2. The average molecular weight is 157 g/mol. The van der Waals surface area contributed by atoms with Gasteiger partial charge in [-0.2, -0.15) is 0 Å². The fourth-order valence-electron chi connectivity index (χ4n) is 1.25. The van der Waals surface area contributed by atoms with Crippen LogP contribution in [-0.2, 0) is 9.47 Å².